The number of hydrogen-bond acceptors (Lipinski definition) is 3. The summed E-state index contributed by atoms with van der Waals surface area (Å²) in [5.41, 5.74) is 2.59. The number of rotatable bonds is 7. The maximum Gasteiger partial charge on any atom is 0.328 e. The fraction of sp³-hybridized carbons (Fsp3) is 0.412. The predicted molar refractivity (Wildman–Crippen MR) is 83.2 cm³/mol. The molecule has 0 aliphatic heterocycles. The van der Waals surface area contributed by atoms with E-state index in [0.717, 1.165) is 24.0 Å². The highest BCUT2D eigenvalue weighted by Crippen LogP contribution is 2.10. The largest absolute Gasteiger partial charge is 0.467 e. The lowest BCUT2D eigenvalue weighted by Crippen LogP contribution is -2.41. The third-order valence-electron chi connectivity index (χ3n) is 3.18. The van der Waals surface area contributed by atoms with Crippen molar-refractivity contribution < 1.29 is 14.3 Å². The quantitative estimate of drug-likeness (QED) is 0.477. The normalized spacial score (nSPS) is 11.6. The van der Waals surface area contributed by atoms with Crippen molar-refractivity contribution >= 4 is 11.9 Å². The van der Waals surface area contributed by atoms with Crippen molar-refractivity contribution in [1.82, 2.24) is 5.32 Å². The molecule has 0 saturated heterocycles. The van der Waals surface area contributed by atoms with Crippen LogP contribution >= 0.6 is 0 Å². The molecule has 0 bridgehead atoms. The highest BCUT2D eigenvalue weighted by molar-refractivity contribution is 5.97. The third-order valence-corrected chi connectivity index (χ3v) is 3.18. The summed E-state index contributed by atoms with van der Waals surface area (Å²) in [7, 11) is 1.33. The summed E-state index contributed by atoms with van der Waals surface area (Å²) in [6, 6.07) is 4.99. The molecule has 0 saturated carbocycles. The molecule has 0 spiro atoms. The smallest absolute Gasteiger partial charge is 0.328 e. The Morgan fingerprint density at radius 1 is 1.29 bits per heavy atom. The second-order valence-corrected chi connectivity index (χ2v) is 5.15. The van der Waals surface area contributed by atoms with Gasteiger partial charge < -0.3 is 10.1 Å². The standard InChI is InChI=1S/C17H23NO3/c1-5-6-7-8-15(17(20)21-4)18-16(19)14-10-12(2)9-13(3)11-14/h5,9-11,15H,1,6-8H2,2-4H3,(H,18,19)/t15-/m0/s1. The second kappa shape index (κ2) is 8.25. The first kappa shape index (κ1) is 17.0. The molecule has 114 valence electrons. The van der Waals surface area contributed by atoms with Crippen molar-refractivity contribution in [2.45, 2.75) is 39.2 Å². The maximum absolute atomic E-state index is 12.3. The molecule has 1 aromatic carbocycles. The van der Waals surface area contributed by atoms with E-state index in [1.807, 2.05) is 19.9 Å². The van der Waals surface area contributed by atoms with Crippen LogP contribution in [0.15, 0.2) is 30.9 Å². The second-order valence-electron chi connectivity index (χ2n) is 5.15. The summed E-state index contributed by atoms with van der Waals surface area (Å²) in [5.74, 6) is -0.674. The van der Waals surface area contributed by atoms with Crippen molar-refractivity contribution in [1.29, 1.82) is 0 Å². The fourth-order valence-corrected chi connectivity index (χ4v) is 2.20. The van der Waals surface area contributed by atoms with Gasteiger partial charge in [-0.3, -0.25) is 4.79 Å². The molecule has 0 fully saturated rings. The van der Waals surface area contributed by atoms with Crippen molar-refractivity contribution in [3.05, 3.63) is 47.5 Å². The van der Waals surface area contributed by atoms with Crippen LogP contribution in [-0.2, 0) is 9.53 Å². The van der Waals surface area contributed by atoms with Crippen LogP contribution in [0.2, 0.25) is 0 Å². The highest BCUT2D eigenvalue weighted by atomic mass is 16.5. The van der Waals surface area contributed by atoms with E-state index in [1.165, 1.54) is 7.11 Å². The molecule has 1 amide bonds. The number of benzene rings is 1. The van der Waals surface area contributed by atoms with Crippen LogP contribution in [0.25, 0.3) is 0 Å². The molecular formula is C17H23NO3. The summed E-state index contributed by atoms with van der Waals surface area (Å²) >= 11 is 0. The van der Waals surface area contributed by atoms with E-state index in [0.29, 0.717) is 12.0 Å². The minimum Gasteiger partial charge on any atom is -0.467 e. The first-order chi connectivity index (χ1) is 9.97. The maximum atomic E-state index is 12.3. The zero-order valence-corrected chi connectivity index (χ0v) is 12.9. The summed E-state index contributed by atoms with van der Waals surface area (Å²) in [5, 5.41) is 2.75. The number of methoxy groups -OCH3 is 1. The van der Waals surface area contributed by atoms with Crippen LogP contribution in [0.5, 0.6) is 0 Å². The molecule has 0 aliphatic carbocycles. The summed E-state index contributed by atoms with van der Waals surface area (Å²) in [6.07, 6.45) is 3.90. The molecule has 1 rings (SSSR count). The van der Waals surface area contributed by atoms with Gasteiger partial charge in [0.25, 0.3) is 5.91 Å². The highest BCUT2D eigenvalue weighted by Gasteiger charge is 2.21. The van der Waals surface area contributed by atoms with Gasteiger partial charge in [-0.15, -0.1) is 6.58 Å². The van der Waals surface area contributed by atoms with Gasteiger partial charge in [0.05, 0.1) is 7.11 Å². The van der Waals surface area contributed by atoms with Gasteiger partial charge in [0, 0.05) is 5.56 Å². The number of ether oxygens (including phenoxy) is 1. The molecule has 21 heavy (non-hydrogen) atoms. The molecule has 0 radical (unpaired) electrons. The van der Waals surface area contributed by atoms with E-state index in [-0.39, 0.29) is 5.91 Å². The van der Waals surface area contributed by atoms with Crippen molar-refractivity contribution in [2.24, 2.45) is 0 Å². The van der Waals surface area contributed by atoms with Gasteiger partial charge in [0.2, 0.25) is 0 Å². The van der Waals surface area contributed by atoms with Crippen LogP contribution in [0.1, 0.15) is 40.7 Å². The Hall–Kier alpha value is -2.10. The molecule has 4 heteroatoms. The van der Waals surface area contributed by atoms with Gasteiger partial charge >= 0.3 is 5.97 Å². The van der Waals surface area contributed by atoms with Crippen LogP contribution in [0.3, 0.4) is 0 Å². The number of esters is 1. The molecule has 4 nitrogen and oxygen atoms in total. The van der Waals surface area contributed by atoms with Crippen LogP contribution < -0.4 is 5.32 Å². The van der Waals surface area contributed by atoms with E-state index in [2.05, 4.69) is 11.9 Å². The zero-order chi connectivity index (χ0) is 15.8. The summed E-state index contributed by atoms with van der Waals surface area (Å²) in [6.45, 7) is 7.52. The van der Waals surface area contributed by atoms with E-state index in [4.69, 9.17) is 4.74 Å². The van der Waals surface area contributed by atoms with E-state index >= 15 is 0 Å². The van der Waals surface area contributed by atoms with Crippen LogP contribution in [0, 0.1) is 13.8 Å². The molecular weight excluding hydrogens is 266 g/mol. The Balaban J connectivity index is 2.78. The van der Waals surface area contributed by atoms with E-state index in [1.54, 1.807) is 18.2 Å². The minimum atomic E-state index is -0.622. The Bertz CT molecular complexity index is 503. The third kappa shape index (κ3) is 5.42. The van der Waals surface area contributed by atoms with Gasteiger partial charge in [0.15, 0.2) is 0 Å². The molecule has 0 heterocycles. The first-order valence-corrected chi connectivity index (χ1v) is 7.05. The predicted octanol–water partition coefficient (Wildman–Crippen LogP) is 2.93. The average Bonchev–Trinajstić information content (AvgIpc) is 2.44. The van der Waals surface area contributed by atoms with Gasteiger partial charge in [-0.1, -0.05) is 23.3 Å². The fourth-order valence-electron chi connectivity index (χ4n) is 2.20. The lowest BCUT2D eigenvalue weighted by atomic mass is 10.1. The molecule has 1 aromatic rings. The zero-order valence-electron chi connectivity index (χ0n) is 12.9. The van der Waals surface area contributed by atoms with E-state index < -0.39 is 12.0 Å². The molecule has 1 N–H and O–H groups in total. The van der Waals surface area contributed by atoms with Crippen LogP contribution in [-0.4, -0.2) is 25.0 Å². The van der Waals surface area contributed by atoms with Crippen molar-refractivity contribution in [3.63, 3.8) is 0 Å². The first-order valence-electron chi connectivity index (χ1n) is 7.05. The number of hydrogen-bond donors (Lipinski definition) is 1. The van der Waals surface area contributed by atoms with Gasteiger partial charge in [-0.25, -0.2) is 4.79 Å². The molecule has 0 aliphatic rings. The Morgan fingerprint density at radius 3 is 2.43 bits per heavy atom. The molecule has 0 unspecified atom stereocenters. The van der Waals surface area contributed by atoms with Crippen molar-refractivity contribution in [3.8, 4) is 0 Å². The number of carbonyl (C=O) groups excluding carboxylic acids is 2. The summed E-state index contributed by atoms with van der Waals surface area (Å²) < 4.78 is 4.75. The van der Waals surface area contributed by atoms with Gasteiger partial charge in [-0.2, -0.15) is 0 Å². The topological polar surface area (TPSA) is 55.4 Å². The lowest BCUT2D eigenvalue weighted by molar-refractivity contribution is -0.143. The van der Waals surface area contributed by atoms with Gasteiger partial charge in [-0.05, 0) is 45.2 Å². The Morgan fingerprint density at radius 2 is 1.90 bits per heavy atom. The average molecular weight is 289 g/mol. The number of amides is 1. The van der Waals surface area contributed by atoms with Crippen LogP contribution in [0.4, 0.5) is 0 Å². The SMILES string of the molecule is C=CCCC[C@H](NC(=O)c1cc(C)cc(C)c1)C(=O)OC. The molecule has 1 atom stereocenters. The number of allylic oxidation sites excluding steroid dienone is 1. The lowest BCUT2D eigenvalue weighted by Gasteiger charge is -2.16. The Labute approximate surface area is 126 Å². The monoisotopic (exact) mass is 289 g/mol. The molecule has 0 aromatic heterocycles. The number of carbonyl (C=O) groups is 2. The van der Waals surface area contributed by atoms with Crippen molar-refractivity contribution in [2.75, 3.05) is 7.11 Å². The Kier molecular flexibility index (Phi) is 6.66. The number of aryl methyl sites for hydroxylation is 2. The number of unbranched alkanes of at least 4 members (excludes halogenated alkanes) is 1. The summed E-state index contributed by atoms with van der Waals surface area (Å²) in [4.78, 5) is 24.0. The van der Waals surface area contributed by atoms with Gasteiger partial charge in [0.1, 0.15) is 6.04 Å². The van der Waals surface area contributed by atoms with E-state index in [9.17, 15) is 9.59 Å². The minimum absolute atomic E-state index is 0.254. The number of nitrogens with one attached hydrogen (secondary N) is 1.